The van der Waals surface area contributed by atoms with E-state index in [0.29, 0.717) is 5.95 Å². The highest BCUT2D eigenvalue weighted by Gasteiger charge is 2.32. The van der Waals surface area contributed by atoms with E-state index in [1.54, 1.807) is 6.20 Å². The Morgan fingerprint density at radius 2 is 2.33 bits per heavy atom. The van der Waals surface area contributed by atoms with Crippen LogP contribution in [0.2, 0.25) is 0 Å². The van der Waals surface area contributed by atoms with Gasteiger partial charge in [-0.15, -0.1) is 0 Å². The number of nitrogens with zero attached hydrogens (tertiary/aromatic N) is 2. The SMILES string of the molecule is CNc1ncc(Br)c(NCC2CC2C)n1. The minimum Gasteiger partial charge on any atom is -0.369 e. The molecule has 2 N–H and O–H groups in total. The molecule has 0 aliphatic heterocycles. The summed E-state index contributed by atoms with van der Waals surface area (Å²) in [7, 11) is 1.82. The van der Waals surface area contributed by atoms with Gasteiger partial charge in [0.05, 0.1) is 4.47 Å². The normalized spacial score (nSPS) is 23.7. The number of nitrogens with one attached hydrogen (secondary N) is 2. The zero-order chi connectivity index (χ0) is 10.8. The number of rotatable bonds is 4. The molecule has 2 unspecified atom stereocenters. The predicted octanol–water partition coefficient (Wildman–Crippen LogP) is 2.35. The van der Waals surface area contributed by atoms with Gasteiger partial charge in [0, 0.05) is 19.8 Å². The van der Waals surface area contributed by atoms with Gasteiger partial charge in [-0.25, -0.2) is 4.98 Å². The molecule has 15 heavy (non-hydrogen) atoms. The van der Waals surface area contributed by atoms with Crippen molar-refractivity contribution in [2.24, 2.45) is 11.8 Å². The van der Waals surface area contributed by atoms with Crippen molar-refractivity contribution < 1.29 is 0 Å². The number of anilines is 2. The van der Waals surface area contributed by atoms with E-state index in [2.05, 4.69) is 43.5 Å². The van der Waals surface area contributed by atoms with Crippen molar-refractivity contribution in [1.29, 1.82) is 0 Å². The van der Waals surface area contributed by atoms with Gasteiger partial charge < -0.3 is 10.6 Å². The van der Waals surface area contributed by atoms with Crippen molar-refractivity contribution in [3.8, 4) is 0 Å². The molecule has 1 heterocycles. The molecule has 0 saturated heterocycles. The smallest absolute Gasteiger partial charge is 0.224 e. The lowest BCUT2D eigenvalue weighted by atomic mass is 10.3. The fourth-order valence-corrected chi connectivity index (χ4v) is 1.85. The largest absolute Gasteiger partial charge is 0.369 e. The van der Waals surface area contributed by atoms with Crippen LogP contribution in [0.3, 0.4) is 0 Å². The van der Waals surface area contributed by atoms with Crippen LogP contribution in [0.15, 0.2) is 10.7 Å². The lowest BCUT2D eigenvalue weighted by Gasteiger charge is -2.08. The standard InChI is InChI=1S/C10H15BrN4/c1-6-3-7(6)4-13-9-8(11)5-14-10(12-2)15-9/h5-7H,3-4H2,1-2H3,(H2,12,13,14,15). The van der Waals surface area contributed by atoms with Gasteiger partial charge in [-0.3, -0.25) is 0 Å². The molecule has 4 nitrogen and oxygen atoms in total. The van der Waals surface area contributed by atoms with Gasteiger partial charge in [-0.1, -0.05) is 6.92 Å². The van der Waals surface area contributed by atoms with Gasteiger partial charge in [0.25, 0.3) is 0 Å². The maximum Gasteiger partial charge on any atom is 0.224 e. The Bertz CT molecular complexity index is 355. The number of hydrogen-bond acceptors (Lipinski definition) is 4. The zero-order valence-electron chi connectivity index (χ0n) is 8.92. The van der Waals surface area contributed by atoms with E-state index in [9.17, 15) is 0 Å². The van der Waals surface area contributed by atoms with Gasteiger partial charge >= 0.3 is 0 Å². The predicted molar refractivity (Wildman–Crippen MR) is 65.0 cm³/mol. The average Bonchev–Trinajstić information content (AvgIpc) is 2.94. The van der Waals surface area contributed by atoms with E-state index in [1.807, 2.05) is 7.05 Å². The summed E-state index contributed by atoms with van der Waals surface area (Å²) in [6.07, 6.45) is 3.09. The first-order chi connectivity index (χ1) is 7.20. The van der Waals surface area contributed by atoms with Crippen LogP contribution in [-0.2, 0) is 0 Å². The Labute approximate surface area is 98.0 Å². The van der Waals surface area contributed by atoms with Crippen LogP contribution >= 0.6 is 15.9 Å². The summed E-state index contributed by atoms with van der Waals surface area (Å²) in [5.74, 6) is 3.18. The van der Waals surface area contributed by atoms with Crippen molar-refractivity contribution >= 4 is 27.7 Å². The summed E-state index contributed by atoms with van der Waals surface area (Å²) >= 11 is 3.43. The Balaban J connectivity index is 1.99. The summed E-state index contributed by atoms with van der Waals surface area (Å²) in [5.41, 5.74) is 0. The van der Waals surface area contributed by atoms with Gasteiger partial charge in [-0.05, 0) is 34.2 Å². The first-order valence-electron chi connectivity index (χ1n) is 5.15. The molecular weight excluding hydrogens is 256 g/mol. The van der Waals surface area contributed by atoms with Crippen LogP contribution in [0.1, 0.15) is 13.3 Å². The molecule has 1 aromatic heterocycles. The van der Waals surface area contributed by atoms with Crippen LogP contribution in [0.4, 0.5) is 11.8 Å². The average molecular weight is 271 g/mol. The highest BCUT2D eigenvalue weighted by Crippen LogP contribution is 2.37. The van der Waals surface area contributed by atoms with Gasteiger partial charge in [0.1, 0.15) is 5.82 Å². The Kier molecular flexibility index (Phi) is 3.09. The molecule has 1 saturated carbocycles. The van der Waals surface area contributed by atoms with Crippen molar-refractivity contribution in [2.75, 3.05) is 24.2 Å². The third-order valence-electron chi connectivity index (χ3n) is 2.78. The van der Waals surface area contributed by atoms with Crippen LogP contribution in [0.25, 0.3) is 0 Å². The lowest BCUT2D eigenvalue weighted by molar-refractivity contribution is 0.783. The van der Waals surface area contributed by atoms with E-state index in [-0.39, 0.29) is 0 Å². The molecular formula is C10H15BrN4. The molecule has 1 aliphatic carbocycles. The Hall–Kier alpha value is -0.840. The fraction of sp³-hybridized carbons (Fsp3) is 0.600. The Morgan fingerprint density at radius 1 is 1.60 bits per heavy atom. The van der Waals surface area contributed by atoms with Crippen LogP contribution < -0.4 is 10.6 Å². The van der Waals surface area contributed by atoms with Crippen LogP contribution in [0.5, 0.6) is 0 Å². The summed E-state index contributed by atoms with van der Waals surface area (Å²) < 4.78 is 0.912. The number of halogens is 1. The quantitative estimate of drug-likeness (QED) is 0.882. The molecule has 0 radical (unpaired) electrons. The second-order valence-corrected chi connectivity index (χ2v) is 4.85. The molecule has 2 rings (SSSR count). The molecule has 0 aromatic carbocycles. The first kappa shape index (κ1) is 10.7. The van der Waals surface area contributed by atoms with Gasteiger partial charge in [0.2, 0.25) is 5.95 Å². The third kappa shape index (κ3) is 2.59. The van der Waals surface area contributed by atoms with E-state index < -0.39 is 0 Å². The topological polar surface area (TPSA) is 49.8 Å². The Morgan fingerprint density at radius 3 is 2.93 bits per heavy atom. The minimum absolute atomic E-state index is 0.643. The second-order valence-electron chi connectivity index (χ2n) is 3.99. The maximum atomic E-state index is 4.34. The molecule has 2 atom stereocenters. The molecule has 1 aliphatic rings. The summed E-state index contributed by atoms with van der Waals surface area (Å²) in [5, 5.41) is 6.27. The maximum absolute atomic E-state index is 4.34. The number of hydrogen-bond donors (Lipinski definition) is 2. The fourth-order valence-electron chi connectivity index (χ4n) is 1.52. The highest BCUT2D eigenvalue weighted by atomic mass is 79.9. The van der Waals surface area contributed by atoms with Gasteiger partial charge in [0.15, 0.2) is 0 Å². The molecule has 5 heteroatoms. The summed E-state index contributed by atoms with van der Waals surface area (Å²) in [4.78, 5) is 8.44. The molecule has 1 aromatic rings. The van der Waals surface area contributed by atoms with E-state index in [0.717, 1.165) is 28.7 Å². The van der Waals surface area contributed by atoms with Gasteiger partial charge in [-0.2, -0.15) is 4.98 Å². The second kappa shape index (κ2) is 4.35. The van der Waals surface area contributed by atoms with Crippen molar-refractivity contribution in [3.63, 3.8) is 0 Å². The molecule has 82 valence electrons. The number of aromatic nitrogens is 2. The molecule has 1 fully saturated rings. The van der Waals surface area contributed by atoms with E-state index in [1.165, 1.54) is 6.42 Å². The van der Waals surface area contributed by atoms with Crippen LogP contribution in [-0.4, -0.2) is 23.6 Å². The van der Waals surface area contributed by atoms with E-state index >= 15 is 0 Å². The molecule has 0 spiro atoms. The summed E-state index contributed by atoms with van der Waals surface area (Å²) in [6.45, 7) is 3.28. The van der Waals surface area contributed by atoms with Crippen molar-refractivity contribution in [1.82, 2.24) is 9.97 Å². The van der Waals surface area contributed by atoms with Crippen molar-refractivity contribution in [2.45, 2.75) is 13.3 Å². The van der Waals surface area contributed by atoms with E-state index in [4.69, 9.17) is 0 Å². The molecule has 0 amide bonds. The monoisotopic (exact) mass is 270 g/mol. The highest BCUT2D eigenvalue weighted by molar-refractivity contribution is 9.10. The summed E-state index contributed by atoms with van der Waals surface area (Å²) in [6, 6.07) is 0. The van der Waals surface area contributed by atoms with Crippen molar-refractivity contribution in [3.05, 3.63) is 10.7 Å². The third-order valence-corrected chi connectivity index (χ3v) is 3.36. The lowest BCUT2D eigenvalue weighted by Crippen LogP contribution is -2.08. The first-order valence-corrected chi connectivity index (χ1v) is 5.94. The molecule has 0 bridgehead atoms. The van der Waals surface area contributed by atoms with Crippen LogP contribution in [0, 0.1) is 11.8 Å². The minimum atomic E-state index is 0.643. The zero-order valence-corrected chi connectivity index (χ0v) is 10.5.